The van der Waals surface area contributed by atoms with Crippen molar-refractivity contribution in [3.05, 3.63) is 35.1 Å². The molecule has 1 aliphatic carbocycles. The van der Waals surface area contributed by atoms with Crippen LogP contribution in [0.15, 0.2) is 24.0 Å². The molecule has 0 saturated carbocycles. The highest BCUT2D eigenvalue weighted by Crippen LogP contribution is 2.48. The van der Waals surface area contributed by atoms with Gasteiger partial charge in [-0.2, -0.15) is 0 Å². The zero-order chi connectivity index (χ0) is 17.8. The molecule has 5 heteroatoms. The Balaban J connectivity index is 2.01. The van der Waals surface area contributed by atoms with Gasteiger partial charge in [0.1, 0.15) is 11.9 Å². The van der Waals surface area contributed by atoms with Crippen molar-refractivity contribution in [2.45, 2.75) is 58.0 Å². The molecule has 3 atom stereocenters. The minimum Gasteiger partial charge on any atom is -0.499 e. The monoisotopic (exact) mass is 366 g/mol. The van der Waals surface area contributed by atoms with Gasteiger partial charge in [-0.1, -0.05) is 33.1 Å². The molecule has 4 nitrogen and oxygen atoms in total. The first kappa shape index (κ1) is 18.4. The molecule has 1 heterocycles. The van der Waals surface area contributed by atoms with Crippen molar-refractivity contribution in [3.63, 3.8) is 0 Å². The zero-order valence-electron chi connectivity index (χ0n) is 15.2. The molecule has 1 aromatic carbocycles. The van der Waals surface area contributed by atoms with E-state index in [1.54, 1.807) is 7.11 Å². The van der Waals surface area contributed by atoms with Crippen LogP contribution in [0.25, 0.3) is 0 Å². The van der Waals surface area contributed by atoms with Gasteiger partial charge in [0.25, 0.3) is 0 Å². The number of hydrogen-bond donors (Lipinski definition) is 0. The summed E-state index contributed by atoms with van der Waals surface area (Å²) in [6, 6.07) is 4.24. The Hall–Kier alpha value is -1.39. The van der Waals surface area contributed by atoms with Gasteiger partial charge in [0.05, 0.1) is 19.0 Å². The first-order valence-corrected chi connectivity index (χ1v) is 9.49. The summed E-state index contributed by atoms with van der Waals surface area (Å²) in [5, 5.41) is 0. The highest BCUT2D eigenvalue weighted by molar-refractivity contribution is 6.07. The third-order valence-electron chi connectivity index (χ3n) is 5.18. The second-order valence-corrected chi connectivity index (χ2v) is 6.95. The average molecular weight is 367 g/mol. The molecule has 1 aromatic rings. The molecular weight excluding hydrogens is 340 g/mol. The Bertz CT molecular complexity index is 628. The first-order chi connectivity index (χ1) is 12.2. The van der Waals surface area contributed by atoms with Crippen LogP contribution in [0.5, 0.6) is 11.5 Å². The largest absolute Gasteiger partial charge is 0.499 e. The predicted octanol–water partition coefficient (Wildman–Crippen LogP) is 5.34. The van der Waals surface area contributed by atoms with Crippen LogP contribution in [0.3, 0.4) is 0 Å². The number of unbranched alkanes of at least 4 members (excludes halogenated alkanes) is 1. The molecule has 0 radical (unpaired) electrons. The topological polar surface area (TPSA) is 36.9 Å². The number of aryl methyl sites for hydroxylation is 1. The van der Waals surface area contributed by atoms with Gasteiger partial charge in [-0.15, -0.1) is 0 Å². The van der Waals surface area contributed by atoms with E-state index in [1.165, 1.54) is 11.1 Å². The standard InChI is InChI=1S/C20H27ClO4/c1-4-6-8-14-10-18(22-3)20(25-21)19(14)15-11-17-16(23-12-24-17)9-13(15)7-5-2/h9-11,14,19-20H,4-8,12H2,1-3H3. The van der Waals surface area contributed by atoms with Crippen molar-refractivity contribution in [3.8, 4) is 11.5 Å². The fourth-order valence-electron chi connectivity index (χ4n) is 3.99. The highest BCUT2D eigenvalue weighted by Gasteiger charge is 2.41. The van der Waals surface area contributed by atoms with Crippen LogP contribution in [0.4, 0.5) is 0 Å². The van der Waals surface area contributed by atoms with Crippen LogP contribution in [-0.4, -0.2) is 20.0 Å². The number of methoxy groups -OCH3 is 1. The van der Waals surface area contributed by atoms with Gasteiger partial charge in [-0.05, 0) is 48.1 Å². The smallest absolute Gasteiger partial charge is 0.231 e. The van der Waals surface area contributed by atoms with E-state index in [-0.39, 0.29) is 18.8 Å². The molecule has 25 heavy (non-hydrogen) atoms. The number of fused-ring (bicyclic) bond motifs is 1. The SMILES string of the molecule is CCCCC1C=C(OC)C(OCl)C1c1cc2c(cc1CCC)OCO2. The van der Waals surface area contributed by atoms with Crippen LogP contribution in [-0.2, 0) is 15.4 Å². The predicted molar refractivity (Wildman–Crippen MR) is 98.1 cm³/mol. The number of halogens is 1. The normalized spacial score (nSPS) is 24.5. The molecule has 138 valence electrons. The summed E-state index contributed by atoms with van der Waals surface area (Å²) in [4.78, 5) is 0. The molecule has 0 amide bonds. The van der Waals surface area contributed by atoms with Crippen LogP contribution in [0.1, 0.15) is 56.6 Å². The van der Waals surface area contributed by atoms with Gasteiger partial charge in [0.2, 0.25) is 6.79 Å². The molecule has 3 unspecified atom stereocenters. The third-order valence-corrected chi connectivity index (χ3v) is 5.37. The molecule has 0 bridgehead atoms. The second kappa shape index (κ2) is 8.33. The summed E-state index contributed by atoms with van der Waals surface area (Å²) >= 11 is 5.90. The number of ether oxygens (including phenoxy) is 3. The van der Waals surface area contributed by atoms with Crippen molar-refractivity contribution in [2.24, 2.45) is 5.92 Å². The number of rotatable bonds is 8. The van der Waals surface area contributed by atoms with E-state index in [4.69, 9.17) is 30.4 Å². The van der Waals surface area contributed by atoms with E-state index in [9.17, 15) is 0 Å². The fourth-order valence-corrected chi connectivity index (χ4v) is 4.19. The van der Waals surface area contributed by atoms with Gasteiger partial charge < -0.3 is 14.2 Å². The average Bonchev–Trinajstić information content (AvgIpc) is 3.22. The fraction of sp³-hybridized carbons (Fsp3) is 0.600. The molecule has 0 N–H and O–H groups in total. The van der Waals surface area contributed by atoms with Crippen molar-refractivity contribution in [1.82, 2.24) is 0 Å². The van der Waals surface area contributed by atoms with Crippen LogP contribution >= 0.6 is 11.9 Å². The van der Waals surface area contributed by atoms with Crippen LogP contribution < -0.4 is 9.47 Å². The van der Waals surface area contributed by atoms with Gasteiger partial charge >= 0.3 is 0 Å². The number of hydrogen-bond acceptors (Lipinski definition) is 4. The lowest BCUT2D eigenvalue weighted by atomic mass is 9.80. The minimum atomic E-state index is -0.274. The molecule has 0 fully saturated rings. The Kier molecular flexibility index (Phi) is 6.13. The number of allylic oxidation sites excluding steroid dienone is 1. The quantitative estimate of drug-likeness (QED) is 0.622. The maximum Gasteiger partial charge on any atom is 0.231 e. The second-order valence-electron chi connectivity index (χ2n) is 6.77. The van der Waals surface area contributed by atoms with Crippen molar-refractivity contribution in [1.29, 1.82) is 0 Å². The van der Waals surface area contributed by atoms with E-state index in [2.05, 4.69) is 32.1 Å². The lowest BCUT2D eigenvalue weighted by Gasteiger charge is -2.27. The molecule has 0 spiro atoms. The van der Waals surface area contributed by atoms with Crippen molar-refractivity contribution < 1.29 is 18.5 Å². The first-order valence-electron chi connectivity index (χ1n) is 9.18. The molecule has 0 aromatic heterocycles. The van der Waals surface area contributed by atoms with Gasteiger partial charge in [0, 0.05) is 5.92 Å². The Labute approximate surface area is 155 Å². The van der Waals surface area contributed by atoms with Gasteiger partial charge in [-0.25, -0.2) is 0 Å². The maximum atomic E-state index is 5.90. The lowest BCUT2D eigenvalue weighted by molar-refractivity contribution is 0.142. The lowest BCUT2D eigenvalue weighted by Crippen LogP contribution is -2.23. The van der Waals surface area contributed by atoms with E-state index in [1.807, 2.05) is 0 Å². The third kappa shape index (κ3) is 3.61. The summed E-state index contributed by atoms with van der Waals surface area (Å²) < 4.78 is 22.1. The Morgan fingerprint density at radius 2 is 1.92 bits per heavy atom. The summed E-state index contributed by atoms with van der Waals surface area (Å²) in [5.41, 5.74) is 2.52. The van der Waals surface area contributed by atoms with Gasteiger partial charge in [0.15, 0.2) is 11.5 Å². The Morgan fingerprint density at radius 3 is 2.56 bits per heavy atom. The summed E-state index contributed by atoms with van der Waals surface area (Å²) in [5.74, 6) is 2.94. The van der Waals surface area contributed by atoms with Gasteiger partial charge in [-0.3, -0.25) is 4.29 Å². The summed E-state index contributed by atoms with van der Waals surface area (Å²) in [6.45, 7) is 4.68. The molecular formula is C20H27ClO4. The summed E-state index contributed by atoms with van der Waals surface area (Å²) in [6.07, 6.45) is 7.38. The van der Waals surface area contributed by atoms with E-state index in [0.29, 0.717) is 5.92 Å². The minimum absolute atomic E-state index is 0.134. The molecule has 3 rings (SSSR count). The molecule has 1 aliphatic heterocycles. The van der Waals surface area contributed by atoms with Crippen LogP contribution in [0, 0.1) is 5.92 Å². The summed E-state index contributed by atoms with van der Waals surface area (Å²) in [7, 11) is 1.68. The zero-order valence-corrected chi connectivity index (χ0v) is 16.0. The van der Waals surface area contributed by atoms with E-state index >= 15 is 0 Å². The molecule has 0 saturated heterocycles. The molecule has 2 aliphatic rings. The number of benzene rings is 1. The van der Waals surface area contributed by atoms with Crippen molar-refractivity contribution >= 4 is 11.9 Å². The van der Waals surface area contributed by atoms with Crippen LogP contribution in [0.2, 0.25) is 0 Å². The Morgan fingerprint density at radius 1 is 1.16 bits per heavy atom. The maximum absolute atomic E-state index is 5.90. The highest BCUT2D eigenvalue weighted by atomic mass is 35.5. The van der Waals surface area contributed by atoms with E-state index in [0.717, 1.165) is 49.4 Å². The van der Waals surface area contributed by atoms with Crippen molar-refractivity contribution in [2.75, 3.05) is 13.9 Å². The van der Waals surface area contributed by atoms with E-state index < -0.39 is 0 Å².